The summed E-state index contributed by atoms with van der Waals surface area (Å²) in [4.78, 5) is 18.5. The molecule has 1 heterocycles. The number of aliphatic imine (C=N–C) groups is 1. The molecule has 1 aliphatic heterocycles. The summed E-state index contributed by atoms with van der Waals surface area (Å²) in [6, 6.07) is 8.30. The van der Waals surface area contributed by atoms with Gasteiger partial charge in [0.2, 0.25) is 5.91 Å². The van der Waals surface area contributed by atoms with Gasteiger partial charge in [-0.05, 0) is 36.3 Å². The Labute approximate surface area is 138 Å². The Bertz CT molecular complexity index is 555. The summed E-state index contributed by atoms with van der Waals surface area (Å²) in [5.74, 6) is 1.91. The molecule has 0 radical (unpaired) electrons. The lowest BCUT2D eigenvalue weighted by Crippen LogP contribution is -2.39. The molecule has 124 valence electrons. The first-order valence-corrected chi connectivity index (χ1v) is 8.55. The smallest absolute Gasteiger partial charge is 0.223 e. The van der Waals surface area contributed by atoms with Gasteiger partial charge in [0, 0.05) is 39.6 Å². The average Bonchev–Trinajstić information content (AvgIpc) is 3.30. The van der Waals surface area contributed by atoms with Crippen molar-refractivity contribution in [2.45, 2.75) is 38.8 Å². The number of nitrogens with zero attached hydrogens (tertiary/aromatic N) is 2. The first-order chi connectivity index (χ1) is 11.3. The molecule has 1 amide bonds. The minimum Gasteiger partial charge on any atom is -0.356 e. The zero-order valence-corrected chi connectivity index (χ0v) is 13.8. The van der Waals surface area contributed by atoms with E-state index in [9.17, 15) is 4.79 Å². The van der Waals surface area contributed by atoms with E-state index < -0.39 is 0 Å². The van der Waals surface area contributed by atoms with Crippen LogP contribution in [-0.2, 0) is 17.9 Å². The predicted molar refractivity (Wildman–Crippen MR) is 92.0 cm³/mol. The fourth-order valence-electron chi connectivity index (χ4n) is 2.90. The quantitative estimate of drug-likeness (QED) is 0.479. The van der Waals surface area contributed by atoms with Crippen LogP contribution in [0.15, 0.2) is 29.3 Å². The number of hydrogen-bond donors (Lipinski definition) is 2. The molecule has 2 N–H and O–H groups in total. The molecule has 0 aromatic heterocycles. The lowest BCUT2D eigenvalue weighted by Gasteiger charge is -2.16. The lowest BCUT2D eigenvalue weighted by atomic mass is 10.1. The van der Waals surface area contributed by atoms with Gasteiger partial charge in [-0.2, -0.15) is 0 Å². The number of guanidine groups is 1. The Morgan fingerprint density at radius 2 is 1.91 bits per heavy atom. The normalized spacial score (nSPS) is 17.1. The molecule has 1 aromatic carbocycles. The maximum atomic E-state index is 12.3. The second-order valence-electron chi connectivity index (χ2n) is 6.45. The molecule has 0 spiro atoms. The van der Waals surface area contributed by atoms with Gasteiger partial charge in [-0.25, -0.2) is 0 Å². The number of carbonyl (C=O) groups is 1. The van der Waals surface area contributed by atoms with Crippen molar-refractivity contribution in [2.75, 3.05) is 20.1 Å². The third-order valence-electron chi connectivity index (χ3n) is 4.53. The Hall–Kier alpha value is -2.04. The van der Waals surface area contributed by atoms with Gasteiger partial charge in [0.15, 0.2) is 5.96 Å². The molecule has 1 fully saturated rings. The highest BCUT2D eigenvalue weighted by Crippen LogP contribution is 2.27. The Morgan fingerprint density at radius 3 is 2.52 bits per heavy atom. The first kappa shape index (κ1) is 15.8. The monoisotopic (exact) mass is 314 g/mol. The summed E-state index contributed by atoms with van der Waals surface area (Å²) < 4.78 is 0. The van der Waals surface area contributed by atoms with E-state index in [-0.39, 0.29) is 5.91 Å². The highest BCUT2D eigenvalue weighted by molar-refractivity contribution is 5.80. The van der Waals surface area contributed by atoms with Crippen LogP contribution in [-0.4, -0.2) is 36.9 Å². The number of fused-ring (bicyclic) bond motifs is 1. The van der Waals surface area contributed by atoms with E-state index in [1.165, 1.54) is 24.0 Å². The van der Waals surface area contributed by atoms with Gasteiger partial charge in [-0.3, -0.25) is 9.79 Å². The zero-order valence-electron chi connectivity index (χ0n) is 13.8. The number of benzene rings is 1. The zero-order chi connectivity index (χ0) is 16.1. The summed E-state index contributed by atoms with van der Waals surface area (Å²) in [5.41, 5.74) is 2.56. The Balaban J connectivity index is 1.33. The van der Waals surface area contributed by atoms with E-state index in [4.69, 9.17) is 0 Å². The molecule has 0 bridgehead atoms. The molecule has 3 rings (SSSR count). The molecule has 23 heavy (non-hydrogen) atoms. The molecule has 1 saturated carbocycles. The third kappa shape index (κ3) is 4.47. The molecule has 1 aliphatic carbocycles. The van der Waals surface area contributed by atoms with Crippen LogP contribution in [0.5, 0.6) is 0 Å². The molecule has 1 aromatic rings. The van der Waals surface area contributed by atoms with E-state index in [2.05, 4.69) is 27.8 Å². The van der Waals surface area contributed by atoms with Gasteiger partial charge in [0.1, 0.15) is 0 Å². The summed E-state index contributed by atoms with van der Waals surface area (Å²) in [5, 5.41) is 6.61. The SMILES string of the molecule is CN=C(NCCCC(=O)N1Cc2ccccc2C1)NCC1CC1. The van der Waals surface area contributed by atoms with E-state index in [0.29, 0.717) is 6.42 Å². The van der Waals surface area contributed by atoms with Crippen molar-refractivity contribution in [3.63, 3.8) is 0 Å². The Morgan fingerprint density at radius 1 is 1.22 bits per heavy atom. The van der Waals surface area contributed by atoms with Crippen LogP contribution in [0, 0.1) is 5.92 Å². The molecule has 0 unspecified atom stereocenters. The summed E-state index contributed by atoms with van der Waals surface area (Å²) in [7, 11) is 1.79. The predicted octanol–water partition coefficient (Wildman–Crippen LogP) is 1.88. The largest absolute Gasteiger partial charge is 0.356 e. The standard InChI is InChI=1S/C18H26N4O/c1-19-18(21-11-14-8-9-14)20-10-4-7-17(23)22-12-15-5-2-3-6-16(15)13-22/h2-3,5-6,14H,4,7-13H2,1H3,(H2,19,20,21). The van der Waals surface area contributed by atoms with Crippen LogP contribution in [0.25, 0.3) is 0 Å². The molecular weight excluding hydrogens is 288 g/mol. The summed E-state index contributed by atoms with van der Waals surface area (Å²) in [6.07, 6.45) is 4.07. The van der Waals surface area contributed by atoms with Crippen molar-refractivity contribution >= 4 is 11.9 Å². The van der Waals surface area contributed by atoms with E-state index >= 15 is 0 Å². The molecule has 0 saturated heterocycles. The molecular formula is C18H26N4O. The van der Waals surface area contributed by atoms with Crippen molar-refractivity contribution in [3.8, 4) is 0 Å². The molecule has 5 nitrogen and oxygen atoms in total. The van der Waals surface area contributed by atoms with Crippen LogP contribution in [0.2, 0.25) is 0 Å². The van der Waals surface area contributed by atoms with Crippen LogP contribution in [0.3, 0.4) is 0 Å². The highest BCUT2D eigenvalue weighted by Gasteiger charge is 2.22. The molecule has 0 atom stereocenters. The minimum atomic E-state index is 0.240. The number of amides is 1. The van der Waals surface area contributed by atoms with Crippen LogP contribution >= 0.6 is 0 Å². The van der Waals surface area contributed by atoms with Crippen molar-refractivity contribution in [2.24, 2.45) is 10.9 Å². The van der Waals surface area contributed by atoms with Crippen LogP contribution in [0.1, 0.15) is 36.8 Å². The lowest BCUT2D eigenvalue weighted by molar-refractivity contribution is -0.131. The fourth-order valence-corrected chi connectivity index (χ4v) is 2.90. The highest BCUT2D eigenvalue weighted by atomic mass is 16.2. The second-order valence-corrected chi connectivity index (χ2v) is 6.45. The van der Waals surface area contributed by atoms with E-state index in [0.717, 1.165) is 44.5 Å². The summed E-state index contributed by atoms with van der Waals surface area (Å²) >= 11 is 0. The number of nitrogens with one attached hydrogen (secondary N) is 2. The van der Waals surface area contributed by atoms with Gasteiger partial charge in [-0.1, -0.05) is 24.3 Å². The average molecular weight is 314 g/mol. The topological polar surface area (TPSA) is 56.7 Å². The number of hydrogen-bond acceptors (Lipinski definition) is 2. The second kappa shape index (κ2) is 7.49. The van der Waals surface area contributed by atoms with Crippen LogP contribution in [0.4, 0.5) is 0 Å². The number of rotatable bonds is 6. The van der Waals surface area contributed by atoms with Crippen molar-refractivity contribution in [1.29, 1.82) is 0 Å². The van der Waals surface area contributed by atoms with Gasteiger partial charge in [0.05, 0.1) is 0 Å². The fraction of sp³-hybridized carbons (Fsp3) is 0.556. The summed E-state index contributed by atoms with van der Waals surface area (Å²) in [6.45, 7) is 3.29. The molecule has 2 aliphatic rings. The van der Waals surface area contributed by atoms with Gasteiger partial charge in [-0.15, -0.1) is 0 Å². The van der Waals surface area contributed by atoms with E-state index in [1.807, 2.05) is 17.0 Å². The maximum absolute atomic E-state index is 12.3. The van der Waals surface area contributed by atoms with Gasteiger partial charge in [0.25, 0.3) is 0 Å². The first-order valence-electron chi connectivity index (χ1n) is 8.55. The number of carbonyl (C=O) groups excluding carboxylic acids is 1. The van der Waals surface area contributed by atoms with Crippen molar-refractivity contribution < 1.29 is 4.79 Å². The van der Waals surface area contributed by atoms with Gasteiger partial charge < -0.3 is 15.5 Å². The third-order valence-corrected chi connectivity index (χ3v) is 4.53. The minimum absolute atomic E-state index is 0.240. The van der Waals surface area contributed by atoms with Gasteiger partial charge >= 0.3 is 0 Å². The Kier molecular flexibility index (Phi) is 5.16. The van der Waals surface area contributed by atoms with E-state index in [1.54, 1.807) is 7.05 Å². The van der Waals surface area contributed by atoms with Crippen molar-refractivity contribution in [1.82, 2.24) is 15.5 Å². The maximum Gasteiger partial charge on any atom is 0.223 e. The van der Waals surface area contributed by atoms with Crippen molar-refractivity contribution in [3.05, 3.63) is 35.4 Å². The van der Waals surface area contributed by atoms with Crippen LogP contribution < -0.4 is 10.6 Å². The molecule has 5 heteroatoms.